The van der Waals surface area contributed by atoms with Crippen LogP contribution in [0.1, 0.15) is 49.7 Å². The molecule has 23 heavy (non-hydrogen) atoms. The molecule has 1 aliphatic heterocycles. The van der Waals surface area contributed by atoms with Crippen molar-refractivity contribution < 1.29 is 0 Å². The number of halogens is 1. The summed E-state index contributed by atoms with van der Waals surface area (Å²) >= 11 is 1.92. The van der Waals surface area contributed by atoms with Crippen molar-refractivity contribution in [1.82, 2.24) is 5.32 Å². The van der Waals surface area contributed by atoms with Crippen LogP contribution in [0.15, 0.2) is 58.3 Å². The minimum atomic E-state index is 0. The molecule has 0 fully saturated rings. The lowest BCUT2D eigenvalue weighted by Gasteiger charge is -2.28. The molecule has 2 aromatic rings. The van der Waals surface area contributed by atoms with Gasteiger partial charge in [-0.3, -0.25) is 0 Å². The highest BCUT2D eigenvalue weighted by Crippen LogP contribution is 2.47. The molecule has 0 amide bonds. The highest BCUT2D eigenvalue weighted by atomic mass is 35.5. The molecule has 1 heterocycles. The first kappa shape index (κ1) is 18.4. The minimum absolute atomic E-state index is 0. The molecule has 0 aliphatic carbocycles. The molecule has 1 aliphatic rings. The van der Waals surface area contributed by atoms with Gasteiger partial charge in [-0.15, -0.1) is 12.4 Å². The lowest BCUT2D eigenvalue weighted by Crippen LogP contribution is -2.18. The Bertz CT molecular complexity index is 569. The first-order valence-electron chi connectivity index (χ1n) is 8.46. The van der Waals surface area contributed by atoms with Crippen LogP contribution in [0, 0.1) is 0 Å². The van der Waals surface area contributed by atoms with Crippen LogP contribution in [-0.2, 0) is 0 Å². The quantitative estimate of drug-likeness (QED) is 0.628. The normalized spacial score (nSPS) is 13.1. The van der Waals surface area contributed by atoms with Crippen LogP contribution in [0.2, 0.25) is 0 Å². The molecule has 0 saturated heterocycles. The highest BCUT2D eigenvalue weighted by molar-refractivity contribution is 7.99. The van der Waals surface area contributed by atoms with Crippen molar-refractivity contribution in [3.05, 3.63) is 59.7 Å². The Morgan fingerprint density at radius 2 is 1.43 bits per heavy atom. The van der Waals surface area contributed by atoms with Crippen LogP contribution in [0.5, 0.6) is 0 Å². The summed E-state index contributed by atoms with van der Waals surface area (Å²) in [5.41, 5.74) is 3.03. The van der Waals surface area contributed by atoms with Crippen LogP contribution >= 0.6 is 24.2 Å². The average molecular weight is 348 g/mol. The fraction of sp³-hybridized carbons (Fsp3) is 0.400. The standard InChI is InChI=1S/C20H25NS.ClH/c1-2-3-14-21-15-8-11-16-17-9-4-6-12-19(17)22-20-13-7-5-10-18(16)20;/h4-7,9-10,12-13,16,21H,2-3,8,11,14-15H2,1H3;1H. The smallest absolute Gasteiger partial charge is 0.0160 e. The summed E-state index contributed by atoms with van der Waals surface area (Å²) in [7, 11) is 0. The highest BCUT2D eigenvalue weighted by Gasteiger charge is 2.24. The summed E-state index contributed by atoms with van der Waals surface area (Å²) in [6, 6.07) is 17.8. The van der Waals surface area contributed by atoms with Gasteiger partial charge in [-0.05, 0) is 55.6 Å². The fourth-order valence-electron chi connectivity index (χ4n) is 3.18. The van der Waals surface area contributed by atoms with E-state index < -0.39 is 0 Å². The molecule has 124 valence electrons. The summed E-state index contributed by atoms with van der Waals surface area (Å²) in [6.07, 6.45) is 5.02. The Kier molecular flexibility index (Phi) is 7.48. The Balaban J connectivity index is 0.00000192. The van der Waals surface area contributed by atoms with Crippen molar-refractivity contribution in [3.63, 3.8) is 0 Å². The molecule has 1 nitrogen and oxygen atoms in total. The first-order valence-corrected chi connectivity index (χ1v) is 9.28. The van der Waals surface area contributed by atoms with Gasteiger partial charge in [0.1, 0.15) is 0 Å². The predicted molar refractivity (Wildman–Crippen MR) is 103 cm³/mol. The third kappa shape index (κ3) is 4.53. The van der Waals surface area contributed by atoms with Crippen LogP contribution in [0.25, 0.3) is 0 Å². The van der Waals surface area contributed by atoms with E-state index in [9.17, 15) is 0 Å². The zero-order chi connectivity index (χ0) is 15.2. The van der Waals surface area contributed by atoms with Crippen LogP contribution in [0.3, 0.4) is 0 Å². The van der Waals surface area contributed by atoms with E-state index in [0.717, 1.165) is 13.1 Å². The van der Waals surface area contributed by atoms with Gasteiger partial charge in [-0.25, -0.2) is 0 Å². The average Bonchev–Trinajstić information content (AvgIpc) is 2.57. The maximum absolute atomic E-state index is 3.57. The maximum atomic E-state index is 3.57. The van der Waals surface area contributed by atoms with Crippen LogP contribution in [-0.4, -0.2) is 13.1 Å². The molecule has 0 aromatic heterocycles. The first-order chi connectivity index (χ1) is 10.9. The van der Waals surface area contributed by atoms with E-state index >= 15 is 0 Å². The second kappa shape index (κ2) is 9.36. The van der Waals surface area contributed by atoms with E-state index in [1.165, 1.54) is 46.6 Å². The number of hydrogen-bond acceptors (Lipinski definition) is 2. The summed E-state index contributed by atoms with van der Waals surface area (Å²) < 4.78 is 0. The molecular weight excluding hydrogens is 322 g/mol. The van der Waals surface area contributed by atoms with Gasteiger partial charge in [0.2, 0.25) is 0 Å². The summed E-state index contributed by atoms with van der Waals surface area (Å²) in [4.78, 5) is 2.87. The van der Waals surface area contributed by atoms with E-state index in [1.54, 1.807) is 0 Å². The predicted octanol–water partition coefficient (Wildman–Crippen LogP) is 5.87. The second-order valence-corrected chi connectivity index (χ2v) is 7.06. The van der Waals surface area contributed by atoms with E-state index in [1.807, 2.05) is 11.8 Å². The monoisotopic (exact) mass is 347 g/mol. The Hall–Kier alpha value is -0.960. The Labute approximate surface area is 150 Å². The van der Waals surface area contributed by atoms with Crippen LogP contribution < -0.4 is 5.32 Å². The number of hydrogen-bond donors (Lipinski definition) is 1. The number of rotatable bonds is 7. The molecule has 0 atom stereocenters. The van der Waals surface area contributed by atoms with Crippen LogP contribution in [0.4, 0.5) is 0 Å². The van der Waals surface area contributed by atoms with Gasteiger partial charge >= 0.3 is 0 Å². The molecule has 0 saturated carbocycles. The van der Waals surface area contributed by atoms with E-state index in [4.69, 9.17) is 0 Å². The molecule has 0 radical (unpaired) electrons. The zero-order valence-corrected chi connectivity index (χ0v) is 15.4. The van der Waals surface area contributed by atoms with Gasteiger partial charge in [0.25, 0.3) is 0 Å². The van der Waals surface area contributed by atoms with Crippen molar-refractivity contribution in [3.8, 4) is 0 Å². The van der Waals surface area contributed by atoms with Gasteiger partial charge < -0.3 is 5.32 Å². The van der Waals surface area contributed by atoms with E-state index in [2.05, 4.69) is 60.8 Å². The molecular formula is C20H26ClNS. The lowest BCUT2D eigenvalue weighted by molar-refractivity contribution is 0.572. The Morgan fingerprint density at radius 1 is 0.870 bits per heavy atom. The summed E-state index contributed by atoms with van der Waals surface area (Å²) in [5, 5.41) is 3.57. The third-order valence-corrected chi connectivity index (χ3v) is 5.55. The summed E-state index contributed by atoms with van der Waals surface area (Å²) in [6.45, 7) is 4.54. The molecule has 0 unspecified atom stereocenters. The van der Waals surface area contributed by atoms with Gasteiger partial charge in [-0.2, -0.15) is 0 Å². The van der Waals surface area contributed by atoms with Crippen molar-refractivity contribution >= 4 is 24.2 Å². The van der Waals surface area contributed by atoms with Gasteiger partial charge in [0.15, 0.2) is 0 Å². The molecule has 0 bridgehead atoms. The third-order valence-electron chi connectivity index (χ3n) is 4.36. The van der Waals surface area contributed by atoms with E-state index in [-0.39, 0.29) is 12.4 Å². The van der Waals surface area contributed by atoms with Crippen molar-refractivity contribution in [2.45, 2.75) is 48.3 Å². The largest absolute Gasteiger partial charge is 0.317 e. The van der Waals surface area contributed by atoms with E-state index in [0.29, 0.717) is 5.92 Å². The second-order valence-electron chi connectivity index (χ2n) is 5.98. The van der Waals surface area contributed by atoms with Gasteiger partial charge in [0, 0.05) is 15.7 Å². The number of nitrogens with one attached hydrogen (secondary N) is 1. The molecule has 2 aromatic carbocycles. The minimum Gasteiger partial charge on any atom is -0.317 e. The zero-order valence-electron chi connectivity index (χ0n) is 13.8. The SMILES string of the molecule is CCCCNCCCC1c2ccccc2Sc2ccccc21.Cl. The van der Waals surface area contributed by atoms with Gasteiger partial charge in [0.05, 0.1) is 0 Å². The molecule has 1 N–H and O–H groups in total. The molecule has 3 rings (SSSR count). The molecule has 0 spiro atoms. The fourth-order valence-corrected chi connectivity index (χ4v) is 4.36. The molecule has 3 heteroatoms. The number of unbranched alkanes of at least 4 members (excludes halogenated alkanes) is 1. The van der Waals surface area contributed by atoms with Crippen molar-refractivity contribution in [2.75, 3.05) is 13.1 Å². The van der Waals surface area contributed by atoms with Crippen molar-refractivity contribution in [1.29, 1.82) is 0 Å². The number of fused-ring (bicyclic) bond motifs is 2. The number of benzene rings is 2. The topological polar surface area (TPSA) is 12.0 Å². The lowest BCUT2D eigenvalue weighted by atomic mass is 9.87. The summed E-state index contributed by atoms with van der Waals surface area (Å²) in [5.74, 6) is 0.557. The van der Waals surface area contributed by atoms with Gasteiger partial charge in [-0.1, -0.05) is 61.5 Å². The maximum Gasteiger partial charge on any atom is 0.0160 e. The van der Waals surface area contributed by atoms with Crippen molar-refractivity contribution in [2.24, 2.45) is 0 Å². The Morgan fingerprint density at radius 3 is 2.04 bits per heavy atom.